The van der Waals surface area contributed by atoms with Gasteiger partial charge in [0.15, 0.2) is 0 Å². The van der Waals surface area contributed by atoms with Gasteiger partial charge in [-0.25, -0.2) is 5.84 Å². The van der Waals surface area contributed by atoms with Crippen molar-refractivity contribution in [3.8, 4) is 0 Å². The van der Waals surface area contributed by atoms with Crippen molar-refractivity contribution >= 4 is 5.96 Å². The molecule has 1 atom stereocenters. The van der Waals surface area contributed by atoms with Gasteiger partial charge in [0.2, 0.25) is 5.96 Å². The third-order valence-electron chi connectivity index (χ3n) is 3.01. The number of guanidine groups is 1. The second-order valence-electron chi connectivity index (χ2n) is 4.57. The van der Waals surface area contributed by atoms with Crippen molar-refractivity contribution in [3.05, 3.63) is 0 Å². The molecule has 1 rings (SSSR count). The van der Waals surface area contributed by atoms with E-state index < -0.39 is 0 Å². The zero-order chi connectivity index (χ0) is 13.2. The zero-order valence-corrected chi connectivity index (χ0v) is 11.5. The average molecular weight is 258 g/mol. The number of hydrogen-bond donors (Lipinski definition) is 2. The number of ether oxygens (including phenoxy) is 2. The van der Waals surface area contributed by atoms with Crippen LogP contribution in [0, 0.1) is 0 Å². The number of likely N-dealkylation sites (N-methyl/N-ethyl adjacent to an activating group) is 1. The van der Waals surface area contributed by atoms with Gasteiger partial charge >= 0.3 is 0 Å². The molecule has 0 spiro atoms. The van der Waals surface area contributed by atoms with Crippen LogP contribution in [0.25, 0.3) is 0 Å². The monoisotopic (exact) mass is 258 g/mol. The van der Waals surface area contributed by atoms with Gasteiger partial charge in [-0.1, -0.05) is 0 Å². The summed E-state index contributed by atoms with van der Waals surface area (Å²) in [7, 11) is 3.67. The summed E-state index contributed by atoms with van der Waals surface area (Å²) in [6, 6.07) is 0. The molecule has 0 aromatic rings. The minimum atomic E-state index is 0.293. The molecule has 1 unspecified atom stereocenters. The number of nitrogens with zero attached hydrogens (tertiary/aromatic N) is 2. The number of nitrogens with one attached hydrogen (secondary N) is 1. The van der Waals surface area contributed by atoms with Crippen LogP contribution >= 0.6 is 0 Å². The third-order valence-corrected chi connectivity index (χ3v) is 3.01. The Hall–Kier alpha value is -0.850. The van der Waals surface area contributed by atoms with E-state index in [1.807, 2.05) is 11.9 Å². The number of rotatable bonds is 6. The summed E-state index contributed by atoms with van der Waals surface area (Å²) >= 11 is 0. The molecule has 0 bridgehead atoms. The lowest BCUT2D eigenvalue weighted by atomic mass is 10.1. The summed E-state index contributed by atoms with van der Waals surface area (Å²) in [5.74, 6) is 6.21. The van der Waals surface area contributed by atoms with Gasteiger partial charge in [0, 0.05) is 40.5 Å². The molecule has 1 aliphatic heterocycles. The Morgan fingerprint density at radius 2 is 2.39 bits per heavy atom. The van der Waals surface area contributed by atoms with Crippen LogP contribution in [0.5, 0.6) is 0 Å². The topological polar surface area (TPSA) is 72.1 Å². The Balaban J connectivity index is 2.32. The molecule has 1 fully saturated rings. The molecule has 0 saturated carbocycles. The Morgan fingerprint density at radius 3 is 3.00 bits per heavy atom. The lowest BCUT2D eigenvalue weighted by Crippen LogP contribution is -2.46. The second-order valence-corrected chi connectivity index (χ2v) is 4.57. The highest BCUT2D eigenvalue weighted by molar-refractivity contribution is 5.79. The molecule has 0 radical (unpaired) electrons. The van der Waals surface area contributed by atoms with E-state index in [9.17, 15) is 0 Å². The normalized spacial score (nSPS) is 20.8. The fourth-order valence-electron chi connectivity index (χ4n) is 2.01. The van der Waals surface area contributed by atoms with Crippen LogP contribution in [0.3, 0.4) is 0 Å². The van der Waals surface area contributed by atoms with Gasteiger partial charge < -0.3 is 14.4 Å². The van der Waals surface area contributed by atoms with Crippen molar-refractivity contribution in [1.82, 2.24) is 10.3 Å². The minimum Gasteiger partial charge on any atom is -0.385 e. The number of methoxy groups -OCH3 is 1. The maximum absolute atomic E-state index is 5.70. The summed E-state index contributed by atoms with van der Waals surface area (Å²) in [4.78, 5) is 6.43. The highest BCUT2D eigenvalue weighted by Gasteiger charge is 2.17. The van der Waals surface area contributed by atoms with E-state index in [1.165, 1.54) is 12.8 Å². The predicted octanol–water partition coefficient (Wildman–Crippen LogP) is 0.343. The SMILES string of the molecule is COCCCN=C(NN)N(C)CC1CCCCO1. The van der Waals surface area contributed by atoms with Gasteiger partial charge in [-0.15, -0.1) is 0 Å². The van der Waals surface area contributed by atoms with Crippen LogP contribution in [-0.2, 0) is 9.47 Å². The number of hydrazine groups is 1. The molecule has 18 heavy (non-hydrogen) atoms. The molecule has 1 heterocycles. The van der Waals surface area contributed by atoms with Gasteiger partial charge in [-0.2, -0.15) is 0 Å². The van der Waals surface area contributed by atoms with Gasteiger partial charge in [-0.3, -0.25) is 10.4 Å². The molecule has 1 saturated heterocycles. The number of hydrogen-bond acceptors (Lipinski definition) is 4. The van der Waals surface area contributed by atoms with Crippen LogP contribution in [-0.4, -0.2) is 57.4 Å². The molecule has 0 amide bonds. The van der Waals surface area contributed by atoms with Crippen LogP contribution < -0.4 is 11.3 Å². The van der Waals surface area contributed by atoms with Crippen molar-refractivity contribution in [3.63, 3.8) is 0 Å². The maximum atomic E-state index is 5.70. The first-order chi connectivity index (χ1) is 8.77. The van der Waals surface area contributed by atoms with Gasteiger partial charge in [-0.05, 0) is 25.7 Å². The third kappa shape index (κ3) is 5.66. The average Bonchev–Trinajstić information content (AvgIpc) is 2.40. The molecule has 3 N–H and O–H groups in total. The highest BCUT2D eigenvalue weighted by atomic mass is 16.5. The lowest BCUT2D eigenvalue weighted by molar-refractivity contribution is 0.00675. The fraction of sp³-hybridized carbons (Fsp3) is 0.917. The minimum absolute atomic E-state index is 0.293. The first-order valence-corrected chi connectivity index (χ1v) is 6.60. The van der Waals surface area contributed by atoms with E-state index in [2.05, 4.69) is 10.4 Å². The van der Waals surface area contributed by atoms with Crippen LogP contribution in [0.15, 0.2) is 4.99 Å². The van der Waals surface area contributed by atoms with Gasteiger partial charge in [0.25, 0.3) is 0 Å². The Bertz CT molecular complexity index is 242. The van der Waals surface area contributed by atoms with E-state index in [1.54, 1.807) is 7.11 Å². The first-order valence-electron chi connectivity index (χ1n) is 6.60. The van der Waals surface area contributed by atoms with Gasteiger partial charge in [0.05, 0.1) is 6.10 Å². The predicted molar refractivity (Wildman–Crippen MR) is 72.3 cm³/mol. The molecule has 0 aromatic carbocycles. The molecule has 6 nitrogen and oxygen atoms in total. The highest BCUT2D eigenvalue weighted by Crippen LogP contribution is 2.13. The Morgan fingerprint density at radius 1 is 1.56 bits per heavy atom. The second kappa shape index (κ2) is 9.13. The quantitative estimate of drug-likeness (QED) is 0.236. The first kappa shape index (κ1) is 15.2. The van der Waals surface area contributed by atoms with E-state index >= 15 is 0 Å². The standard InChI is InChI=1S/C12H26N4O2/c1-16(10-11-6-3-4-9-18-11)12(15-13)14-7-5-8-17-2/h11H,3-10,13H2,1-2H3,(H,14,15). The van der Waals surface area contributed by atoms with E-state index in [-0.39, 0.29) is 0 Å². The molecule has 1 aliphatic rings. The van der Waals surface area contributed by atoms with Crippen molar-refractivity contribution in [2.24, 2.45) is 10.8 Å². The Kier molecular flexibility index (Phi) is 7.71. The fourth-order valence-corrected chi connectivity index (χ4v) is 2.01. The lowest BCUT2D eigenvalue weighted by Gasteiger charge is -2.28. The van der Waals surface area contributed by atoms with Crippen LogP contribution in [0.4, 0.5) is 0 Å². The molecule has 0 aliphatic carbocycles. The van der Waals surface area contributed by atoms with Crippen molar-refractivity contribution in [2.75, 3.05) is 40.5 Å². The van der Waals surface area contributed by atoms with Crippen LogP contribution in [0.1, 0.15) is 25.7 Å². The summed E-state index contributed by atoms with van der Waals surface area (Å²) in [5, 5.41) is 0. The molecule has 0 aromatic heterocycles. The van der Waals surface area contributed by atoms with Crippen molar-refractivity contribution in [1.29, 1.82) is 0 Å². The smallest absolute Gasteiger partial charge is 0.208 e. The zero-order valence-electron chi connectivity index (χ0n) is 11.5. The molecule has 6 heteroatoms. The van der Waals surface area contributed by atoms with E-state index in [4.69, 9.17) is 15.3 Å². The summed E-state index contributed by atoms with van der Waals surface area (Å²) in [6.07, 6.45) is 4.73. The maximum Gasteiger partial charge on any atom is 0.208 e. The van der Waals surface area contributed by atoms with E-state index in [0.29, 0.717) is 18.6 Å². The van der Waals surface area contributed by atoms with E-state index in [0.717, 1.165) is 32.6 Å². The summed E-state index contributed by atoms with van der Waals surface area (Å²) in [5.41, 5.74) is 2.65. The molecular weight excluding hydrogens is 232 g/mol. The van der Waals surface area contributed by atoms with Crippen molar-refractivity contribution in [2.45, 2.75) is 31.8 Å². The molecule has 106 valence electrons. The molecular formula is C12H26N4O2. The Labute approximate surface area is 109 Å². The number of aliphatic imine (C=N–C) groups is 1. The van der Waals surface area contributed by atoms with Crippen LogP contribution in [0.2, 0.25) is 0 Å². The van der Waals surface area contributed by atoms with Gasteiger partial charge in [0.1, 0.15) is 0 Å². The summed E-state index contributed by atoms with van der Waals surface area (Å²) in [6.45, 7) is 3.13. The largest absolute Gasteiger partial charge is 0.385 e. The van der Waals surface area contributed by atoms with Crippen molar-refractivity contribution < 1.29 is 9.47 Å². The summed E-state index contributed by atoms with van der Waals surface area (Å²) < 4.78 is 10.7. The number of nitrogens with two attached hydrogens (primary N) is 1.